The zero-order valence-electron chi connectivity index (χ0n) is 12.9. The SMILES string of the molecule is CC1CCC(O)(CNC(C)C(=O)NCc2ccco2)CC1. The second-order valence-corrected chi connectivity index (χ2v) is 6.31. The number of rotatable bonds is 6. The maximum atomic E-state index is 12.0. The van der Waals surface area contributed by atoms with Gasteiger partial charge in [0, 0.05) is 6.54 Å². The predicted molar refractivity (Wildman–Crippen MR) is 80.6 cm³/mol. The van der Waals surface area contributed by atoms with Gasteiger partial charge in [-0.1, -0.05) is 6.92 Å². The van der Waals surface area contributed by atoms with Crippen LogP contribution in [0.1, 0.15) is 45.3 Å². The molecule has 1 unspecified atom stereocenters. The Morgan fingerprint density at radius 1 is 1.52 bits per heavy atom. The van der Waals surface area contributed by atoms with Crippen molar-refractivity contribution in [3.63, 3.8) is 0 Å². The lowest BCUT2D eigenvalue weighted by Gasteiger charge is -2.35. The number of carbonyl (C=O) groups is 1. The summed E-state index contributed by atoms with van der Waals surface area (Å²) in [7, 11) is 0. The predicted octanol–water partition coefficient (Wildman–Crippen LogP) is 1.82. The van der Waals surface area contributed by atoms with Gasteiger partial charge in [-0.25, -0.2) is 0 Å². The van der Waals surface area contributed by atoms with Gasteiger partial charge in [0.1, 0.15) is 5.76 Å². The molecule has 1 saturated carbocycles. The lowest BCUT2D eigenvalue weighted by molar-refractivity contribution is -0.123. The van der Waals surface area contributed by atoms with E-state index in [1.807, 2.05) is 13.0 Å². The first-order chi connectivity index (χ1) is 9.98. The topological polar surface area (TPSA) is 74.5 Å². The number of carbonyl (C=O) groups excluding carboxylic acids is 1. The normalized spacial score (nSPS) is 27.3. The van der Waals surface area contributed by atoms with E-state index in [-0.39, 0.29) is 11.9 Å². The standard InChI is InChI=1S/C16H26N2O3/c1-12-5-7-16(20,8-6-12)11-18-13(2)15(19)17-10-14-4-3-9-21-14/h3-4,9,12-13,18,20H,5-8,10-11H2,1-2H3,(H,17,19). The minimum atomic E-state index is -0.665. The molecule has 21 heavy (non-hydrogen) atoms. The summed E-state index contributed by atoms with van der Waals surface area (Å²) >= 11 is 0. The molecule has 1 fully saturated rings. The molecule has 2 rings (SSSR count). The number of furan rings is 1. The highest BCUT2D eigenvalue weighted by Crippen LogP contribution is 2.31. The number of amides is 1. The minimum absolute atomic E-state index is 0.0841. The molecular formula is C16H26N2O3. The summed E-state index contributed by atoms with van der Waals surface area (Å²) in [4.78, 5) is 12.0. The second-order valence-electron chi connectivity index (χ2n) is 6.31. The molecule has 0 aromatic carbocycles. The molecule has 0 radical (unpaired) electrons. The molecule has 0 bridgehead atoms. The Bertz CT molecular complexity index is 436. The first-order valence-corrected chi connectivity index (χ1v) is 7.74. The fraction of sp³-hybridized carbons (Fsp3) is 0.688. The Labute approximate surface area is 126 Å². The van der Waals surface area contributed by atoms with Crippen LogP contribution >= 0.6 is 0 Å². The Balaban J connectivity index is 1.70. The molecule has 1 aromatic rings. The molecule has 1 amide bonds. The average molecular weight is 294 g/mol. The van der Waals surface area contributed by atoms with E-state index in [0.29, 0.717) is 19.0 Å². The molecular weight excluding hydrogens is 268 g/mol. The summed E-state index contributed by atoms with van der Waals surface area (Å²) in [6.45, 7) is 4.89. The van der Waals surface area contributed by atoms with Gasteiger partial charge in [0.2, 0.25) is 5.91 Å². The van der Waals surface area contributed by atoms with Gasteiger partial charge in [-0.3, -0.25) is 4.79 Å². The molecule has 1 aliphatic carbocycles. The summed E-state index contributed by atoms with van der Waals surface area (Å²) in [6.07, 6.45) is 5.31. The van der Waals surface area contributed by atoms with Gasteiger partial charge in [-0.05, 0) is 50.7 Å². The number of aliphatic hydroxyl groups is 1. The molecule has 0 spiro atoms. The van der Waals surface area contributed by atoms with Crippen LogP contribution in [0.2, 0.25) is 0 Å². The van der Waals surface area contributed by atoms with E-state index >= 15 is 0 Å². The molecule has 1 heterocycles. The van der Waals surface area contributed by atoms with Gasteiger partial charge in [-0.15, -0.1) is 0 Å². The highest BCUT2D eigenvalue weighted by Gasteiger charge is 2.32. The van der Waals surface area contributed by atoms with Crippen molar-refractivity contribution in [2.45, 2.75) is 57.7 Å². The van der Waals surface area contributed by atoms with Crippen molar-refractivity contribution >= 4 is 5.91 Å². The van der Waals surface area contributed by atoms with Crippen LogP contribution in [0, 0.1) is 5.92 Å². The van der Waals surface area contributed by atoms with Crippen LogP contribution in [0.25, 0.3) is 0 Å². The molecule has 5 nitrogen and oxygen atoms in total. The Kier molecular flexibility index (Phi) is 5.42. The van der Waals surface area contributed by atoms with E-state index in [2.05, 4.69) is 17.6 Å². The zero-order chi connectivity index (χ0) is 15.3. The van der Waals surface area contributed by atoms with Crippen LogP contribution in [0.5, 0.6) is 0 Å². The Morgan fingerprint density at radius 2 is 2.24 bits per heavy atom. The van der Waals surface area contributed by atoms with Crippen LogP contribution in [-0.2, 0) is 11.3 Å². The van der Waals surface area contributed by atoms with Gasteiger partial charge in [0.05, 0.1) is 24.5 Å². The van der Waals surface area contributed by atoms with E-state index in [0.717, 1.165) is 31.4 Å². The summed E-state index contributed by atoms with van der Waals surface area (Å²) in [5, 5.41) is 16.5. The Morgan fingerprint density at radius 3 is 2.86 bits per heavy atom. The van der Waals surface area contributed by atoms with Crippen molar-refractivity contribution in [1.29, 1.82) is 0 Å². The van der Waals surface area contributed by atoms with Crippen LogP contribution in [-0.4, -0.2) is 29.2 Å². The monoisotopic (exact) mass is 294 g/mol. The Hall–Kier alpha value is -1.33. The van der Waals surface area contributed by atoms with E-state index in [1.54, 1.807) is 12.3 Å². The molecule has 5 heteroatoms. The van der Waals surface area contributed by atoms with Crippen LogP contribution in [0.4, 0.5) is 0 Å². The lowest BCUT2D eigenvalue weighted by atomic mass is 9.79. The maximum Gasteiger partial charge on any atom is 0.237 e. The number of nitrogens with one attached hydrogen (secondary N) is 2. The third kappa shape index (κ3) is 4.86. The largest absolute Gasteiger partial charge is 0.467 e. The van der Waals surface area contributed by atoms with Crippen molar-refractivity contribution < 1.29 is 14.3 Å². The van der Waals surface area contributed by atoms with E-state index < -0.39 is 5.60 Å². The van der Waals surface area contributed by atoms with Gasteiger partial charge < -0.3 is 20.2 Å². The van der Waals surface area contributed by atoms with E-state index in [4.69, 9.17) is 4.42 Å². The smallest absolute Gasteiger partial charge is 0.237 e. The quantitative estimate of drug-likeness (QED) is 0.748. The van der Waals surface area contributed by atoms with E-state index in [9.17, 15) is 9.90 Å². The lowest BCUT2D eigenvalue weighted by Crippen LogP contribution is -2.50. The van der Waals surface area contributed by atoms with Crippen molar-refractivity contribution in [3.8, 4) is 0 Å². The first-order valence-electron chi connectivity index (χ1n) is 7.74. The summed E-state index contributed by atoms with van der Waals surface area (Å²) in [6, 6.07) is 3.29. The zero-order valence-corrected chi connectivity index (χ0v) is 12.9. The van der Waals surface area contributed by atoms with Gasteiger partial charge in [0.15, 0.2) is 0 Å². The van der Waals surface area contributed by atoms with Crippen molar-refractivity contribution in [1.82, 2.24) is 10.6 Å². The first kappa shape index (κ1) is 16.0. The third-order valence-electron chi connectivity index (χ3n) is 4.35. The maximum absolute atomic E-state index is 12.0. The van der Waals surface area contributed by atoms with Gasteiger partial charge >= 0.3 is 0 Å². The van der Waals surface area contributed by atoms with Crippen molar-refractivity contribution in [3.05, 3.63) is 24.2 Å². The highest BCUT2D eigenvalue weighted by atomic mass is 16.3. The number of hydrogen-bond donors (Lipinski definition) is 3. The molecule has 118 valence electrons. The second kappa shape index (κ2) is 7.09. The fourth-order valence-electron chi connectivity index (χ4n) is 2.65. The van der Waals surface area contributed by atoms with Gasteiger partial charge in [-0.2, -0.15) is 0 Å². The number of hydrogen-bond acceptors (Lipinski definition) is 4. The minimum Gasteiger partial charge on any atom is -0.467 e. The van der Waals surface area contributed by atoms with Crippen LogP contribution in [0.3, 0.4) is 0 Å². The van der Waals surface area contributed by atoms with E-state index in [1.165, 1.54) is 0 Å². The molecule has 1 atom stereocenters. The molecule has 3 N–H and O–H groups in total. The fourth-order valence-corrected chi connectivity index (χ4v) is 2.65. The van der Waals surface area contributed by atoms with Crippen LogP contribution < -0.4 is 10.6 Å². The van der Waals surface area contributed by atoms with Crippen LogP contribution in [0.15, 0.2) is 22.8 Å². The molecule has 1 aromatic heterocycles. The summed E-state index contributed by atoms with van der Waals surface area (Å²) in [5.74, 6) is 1.34. The van der Waals surface area contributed by atoms with Crippen molar-refractivity contribution in [2.75, 3.05) is 6.54 Å². The molecule has 0 aliphatic heterocycles. The van der Waals surface area contributed by atoms with Gasteiger partial charge in [0.25, 0.3) is 0 Å². The average Bonchev–Trinajstić information content (AvgIpc) is 2.99. The molecule has 1 aliphatic rings. The third-order valence-corrected chi connectivity index (χ3v) is 4.35. The summed E-state index contributed by atoms with van der Waals surface area (Å²) in [5.41, 5.74) is -0.665. The van der Waals surface area contributed by atoms with Crippen molar-refractivity contribution in [2.24, 2.45) is 5.92 Å². The summed E-state index contributed by atoms with van der Waals surface area (Å²) < 4.78 is 5.17. The molecule has 0 saturated heterocycles. The highest BCUT2D eigenvalue weighted by molar-refractivity contribution is 5.81.